The molecule has 0 heterocycles. The largest absolute Gasteiger partial charge is 0.497 e. The van der Waals surface area contributed by atoms with Crippen molar-refractivity contribution in [3.63, 3.8) is 0 Å². The molecule has 10 heteroatoms. The average molecular weight is 568 g/mol. The zero-order valence-electron chi connectivity index (χ0n) is 23.5. The minimum atomic E-state index is -4.18. The number of hydrogen-bond donors (Lipinski definition) is 1. The number of rotatable bonds is 13. The van der Waals surface area contributed by atoms with Gasteiger partial charge in [0, 0.05) is 12.6 Å². The van der Waals surface area contributed by atoms with Gasteiger partial charge in [0.25, 0.3) is 10.0 Å². The summed E-state index contributed by atoms with van der Waals surface area (Å²) in [5.41, 5.74) is 0.968. The predicted octanol–water partition coefficient (Wildman–Crippen LogP) is 4.23. The molecule has 0 radical (unpaired) electrons. The van der Waals surface area contributed by atoms with Crippen LogP contribution in [0, 0.1) is 0 Å². The monoisotopic (exact) mass is 567 g/mol. The van der Waals surface area contributed by atoms with E-state index in [1.807, 2.05) is 13.8 Å². The van der Waals surface area contributed by atoms with Crippen molar-refractivity contribution in [3.05, 3.63) is 84.4 Å². The maximum atomic E-state index is 14.0. The summed E-state index contributed by atoms with van der Waals surface area (Å²) in [7, 11) is -1.18. The fraction of sp³-hybridized carbons (Fsp3) is 0.333. The molecule has 0 aliphatic heterocycles. The van der Waals surface area contributed by atoms with Gasteiger partial charge < -0.3 is 19.7 Å². The highest BCUT2D eigenvalue weighted by Crippen LogP contribution is 2.32. The molecule has 1 N–H and O–H groups in total. The number of carbonyl (C=O) groups excluding carboxylic acids is 2. The molecule has 0 aromatic heterocycles. The number of nitrogens with zero attached hydrogens (tertiary/aromatic N) is 2. The number of benzene rings is 3. The van der Waals surface area contributed by atoms with E-state index in [2.05, 4.69) is 5.32 Å². The molecule has 2 amide bonds. The molecular weight excluding hydrogens is 530 g/mol. The molecule has 0 unspecified atom stereocenters. The zero-order valence-corrected chi connectivity index (χ0v) is 24.4. The van der Waals surface area contributed by atoms with Crippen molar-refractivity contribution in [2.24, 2.45) is 0 Å². The highest BCUT2D eigenvalue weighted by Gasteiger charge is 2.33. The van der Waals surface area contributed by atoms with Gasteiger partial charge in [-0.25, -0.2) is 8.42 Å². The van der Waals surface area contributed by atoms with Crippen molar-refractivity contribution in [2.75, 3.05) is 25.1 Å². The average Bonchev–Trinajstić information content (AvgIpc) is 2.98. The van der Waals surface area contributed by atoms with E-state index >= 15 is 0 Å². The lowest BCUT2D eigenvalue weighted by molar-refractivity contribution is -0.139. The van der Waals surface area contributed by atoms with E-state index in [-0.39, 0.29) is 29.1 Å². The summed E-state index contributed by atoms with van der Waals surface area (Å²) in [6, 6.07) is 20.7. The number of nitrogens with one attached hydrogen (secondary N) is 1. The van der Waals surface area contributed by atoms with Crippen LogP contribution in [0.1, 0.15) is 32.8 Å². The molecular formula is C30H37N3O6S. The topological polar surface area (TPSA) is 105 Å². The Balaban J connectivity index is 2.04. The molecule has 0 saturated heterocycles. The summed E-state index contributed by atoms with van der Waals surface area (Å²) < 4.78 is 39.5. The van der Waals surface area contributed by atoms with Crippen molar-refractivity contribution in [2.45, 2.75) is 50.7 Å². The molecule has 3 aromatic carbocycles. The van der Waals surface area contributed by atoms with Crippen LogP contribution in [0.2, 0.25) is 0 Å². The number of amides is 2. The minimum Gasteiger partial charge on any atom is -0.497 e. The predicted molar refractivity (Wildman–Crippen MR) is 155 cm³/mol. The number of carbonyl (C=O) groups is 2. The second-order valence-corrected chi connectivity index (χ2v) is 11.2. The van der Waals surface area contributed by atoms with Gasteiger partial charge in [-0.1, -0.05) is 49.4 Å². The summed E-state index contributed by atoms with van der Waals surface area (Å²) >= 11 is 0. The van der Waals surface area contributed by atoms with Gasteiger partial charge in [0.2, 0.25) is 11.8 Å². The van der Waals surface area contributed by atoms with Crippen molar-refractivity contribution < 1.29 is 27.5 Å². The van der Waals surface area contributed by atoms with Gasteiger partial charge in [0.15, 0.2) is 0 Å². The van der Waals surface area contributed by atoms with E-state index in [0.717, 1.165) is 16.3 Å². The third-order valence-electron chi connectivity index (χ3n) is 6.64. The molecule has 3 rings (SSSR count). The van der Waals surface area contributed by atoms with E-state index in [1.165, 1.54) is 24.1 Å². The van der Waals surface area contributed by atoms with Gasteiger partial charge in [-0.3, -0.25) is 13.9 Å². The van der Waals surface area contributed by atoms with Crippen LogP contribution >= 0.6 is 0 Å². The van der Waals surface area contributed by atoms with Crippen LogP contribution in [-0.2, 0) is 26.2 Å². The van der Waals surface area contributed by atoms with E-state index in [9.17, 15) is 18.0 Å². The molecule has 0 fully saturated rings. The lowest BCUT2D eigenvalue weighted by Gasteiger charge is -2.32. The first kappa shape index (κ1) is 30.5. The summed E-state index contributed by atoms with van der Waals surface area (Å²) in [4.78, 5) is 28.6. The third-order valence-corrected chi connectivity index (χ3v) is 8.42. The van der Waals surface area contributed by atoms with Crippen LogP contribution in [0.5, 0.6) is 11.5 Å². The van der Waals surface area contributed by atoms with E-state index in [1.54, 1.807) is 80.8 Å². The molecule has 0 aliphatic rings. The SMILES string of the molecule is CC[C@@H](C)NC(=O)[C@H](C)N(Cc1ccc(OC)cc1)C(=O)CN(c1ccccc1OC)S(=O)(=O)c1ccccc1. The molecule has 3 aromatic rings. The molecule has 214 valence electrons. The van der Waals surface area contributed by atoms with E-state index in [0.29, 0.717) is 11.5 Å². The normalized spacial score (nSPS) is 12.6. The Labute approximate surface area is 236 Å². The number of sulfonamides is 1. The van der Waals surface area contributed by atoms with Gasteiger partial charge in [-0.05, 0) is 62.2 Å². The molecule has 40 heavy (non-hydrogen) atoms. The van der Waals surface area contributed by atoms with Crippen LogP contribution in [0.25, 0.3) is 0 Å². The van der Waals surface area contributed by atoms with Crippen molar-refractivity contribution in [3.8, 4) is 11.5 Å². The molecule has 9 nitrogen and oxygen atoms in total. The first-order valence-corrected chi connectivity index (χ1v) is 14.5. The summed E-state index contributed by atoms with van der Waals surface area (Å²) in [6.45, 7) is 5.02. The molecule has 0 saturated carbocycles. The maximum Gasteiger partial charge on any atom is 0.264 e. The zero-order chi connectivity index (χ0) is 29.3. The number of hydrogen-bond acceptors (Lipinski definition) is 6. The summed E-state index contributed by atoms with van der Waals surface area (Å²) in [5.74, 6) is 0.0681. The van der Waals surface area contributed by atoms with Crippen LogP contribution in [0.4, 0.5) is 5.69 Å². The molecule has 0 spiro atoms. The quantitative estimate of drug-likeness (QED) is 0.332. The Kier molecular flexibility index (Phi) is 10.6. The van der Waals surface area contributed by atoms with Gasteiger partial charge in [-0.2, -0.15) is 0 Å². The van der Waals surface area contributed by atoms with Crippen molar-refractivity contribution in [1.82, 2.24) is 10.2 Å². The van der Waals surface area contributed by atoms with Crippen LogP contribution in [-0.4, -0.2) is 58.0 Å². The number of para-hydroxylation sites is 2. The molecule has 2 atom stereocenters. The minimum absolute atomic E-state index is 0.0259. The number of methoxy groups -OCH3 is 2. The second kappa shape index (κ2) is 13.8. The number of ether oxygens (including phenoxy) is 2. The first-order chi connectivity index (χ1) is 19.1. The molecule has 0 aliphatic carbocycles. The maximum absolute atomic E-state index is 14.0. The van der Waals surface area contributed by atoms with Gasteiger partial charge >= 0.3 is 0 Å². The van der Waals surface area contributed by atoms with Gasteiger partial charge in [0.1, 0.15) is 24.1 Å². The second-order valence-electron chi connectivity index (χ2n) is 9.36. The van der Waals surface area contributed by atoms with Gasteiger partial charge in [-0.15, -0.1) is 0 Å². The van der Waals surface area contributed by atoms with E-state index < -0.39 is 28.5 Å². The summed E-state index contributed by atoms with van der Waals surface area (Å²) in [5, 5.41) is 2.92. The van der Waals surface area contributed by atoms with Crippen LogP contribution < -0.4 is 19.1 Å². The van der Waals surface area contributed by atoms with Crippen molar-refractivity contribution >= 4 is 27.5 Å². The summed E-state index contributed by atoms with van der Waals surface area (Å²) in [6.07, 6.45) is 0.724. The van der Waals surface area contributed by atoms with Gasteiger partial charge in [0.05, 0.1) is 24.8 Å². The lowest BCUT2D eigenvalue weighted by atomic mass is 10.1. The fourth-order valence-corrected chi connectivity index (χ4v) is 5.49. The fourth-order valence-electron chi connectivity index (χ4n) is 4.04. The Hall–Kier alpha value is -4.05. The highest BCUT2D eigenvalue weighted by atomic mass is 32.2. The Morgan fingerprint density at radius 3 is 2.10 bits per heavy atom. The Bertz CT molecular complexity index is 1380. The van der Waals surface area contributed by atoms with E-state index in [4.69, 9.17) is 9.47 Å². The van der Waals surface area contributed by atoms with Crippen LogP contribution in [0.15, 0.2) is 83.8 Å². The first-order valence-electron chi connectivity index (χ1n) is 13.1. The molecule has 0 bridgehead atoms. The lowest BCUT2D eigenvalue weighted by Crippen LogP contribution is -2.52. The van der Waals surface area contributed by atoms with Crippen molar-refractivity contribution in [1.29, 1.82) is 0 Å². The Morgan fingerprint density at radius 2 is 1.50 bits per heavy atom. The third kappa shape index (κ3) is 7.32. The number of anilines is 1. The van der Waals surface area contributed by atoms with Crippen LogP contribution in [0.3, 0.4) is 0 Å². The highest BCUT2D eigenvalue weighted by molar-refractivity contribution is 7.92. The smallest absolute Gasteiger partial charge is 0.264 e. The Morgan fingerprint density at radius 1 is 0.875 bits per heavy atom. The standard InChI is InChI=1S/C30H37N3O6S/c1-6-22(2)31-30(35)23(3)32(20-24-16-18-25(38-4)19-17-24)29(34)21-33(27-14-10-11-15-28(27)39-5)40(36,37)26-12-8-7-9-13-26/h7-19,22-23H,6,20-21H2,1-5H3,(H,31,35)/t22-,23+/m1/s1.